The highest BCUT2D eigenvalue weighted by atomic mass is 32.2. The van der Waals surface area contributed by atoms with Crippen LogP contribution < -0.4 is 0 Å². The largest absolute Gasteiger partial charge is 0.464 e. The molecule has 2 aliphatic heterocycles. The second-order valence-corrected chi connectivity index (χ2v) is 6.79. The number of rotatable bonds is 4. The monoisotopic (exact) mass is 287 g/mol. The van der Waals surface area contributed by atoms with Crippen molar-refractivity contribution in [2.24, 2.45) is 5.92 Å². The number of nitrogens with zero attached hydrogens (tertiary/aromatic N) is 3. The number of carbonyl (C=O) groups excluding carboxylic acids is 1. The van der Waals surface area contributed by atoms with Crippen molar-refractivity contribution in [2.75, 3.05) is 26.7 Å². The van der Waals surface area contributed by atoms with Gasteiger partial charge in [-0.3, -0.25) is 4.79 Å². The van der Waals surface area contributed by atoms with Gasteiger partial charge in [0, 0.05) is 26.6 Å². The van der Waals surface area contributed by atoms with E-state index in [4.69, 9.17) is 10.00 Å². The lowest BCUT2D eigenvalue weighted by atomic mass is 9.96. The lowest BCUT2D eigenvalue weighted by Crippen LogP contribution is -2.51. The van der Waals surface area contributed by atoms with E-state index in [-0.39, 0.29) is 18.9 Å². The number of carbonyl (C=O) groups is 1. The second kappa shape index (κ2) is 5.45. The molecule has 19 heavy (non-hydrogen) atoms. The molecular weight excluding hydrogens is 270 g/mol. The van der Waals surface area contributed by atoms with Crippen molar-refractivity contribution in [3.05, 3.63) is 0 Å². The molecule has 0 N–H and O–H groups in total. The number of cyclic esters (lactones) is 1. The maximum absolute atomic E-state index is 12.4. The molecule has 2 heterocycles. The van der Waals surface area contributed by atoms with E-state index in [0.29, 0.717) is 26.0 Å². The molecule has 0 aromatic heterocycles. The van der Waals surface area contributed by atoms with Gasteiger partial charge in [-0.1, -0.05) is 0 Å². The third-order valence-electron chi connectivity index (χ3n) is 3.68. The van der Waals surface area contributed by atoms with Crippen LogP contribution in [0.4, 0.5) is 0 Å². The first-order valence-corrected chi connectivity index (χ1v) is 7.65. The zero-order valence-electron chi connectivity index (χ0n) is 10.8. The summed E-state index contributed by atoms with van der Waals surface area (Å²) in [5.74, 6) is -0.397. The molecule has 2 saturated heterocycles. The molecule has 2 atom stereocenters. The van der Waals surface area contributed by atoms with E-state index in [1.807, 2.05) is 6.07 Å². The van der Waals surface area contributed by atoms with Gasteiger partial charge < -0.3 is 4.74 Å². The zero-order valence-corrected chi connectivity index (χ0v) is 11.6. The molecule has 0 saturated carbocycles. The lowest BCUT2D eigenvalue weighted by Gasteiger charge is -2.31. The topological polar surface area (TPSA) is 90.7 Å². The number of nitriles is 1. The number of fused-ring (bicyclic) bond motifs is 1. The Bertz CT molecular complexity index is 499. The maximum Gasteiger partial charge on any atom is 0.324 e. The van der Waals surface area contributed by atoms with Crippen LogP contribution in [0.2, 0.25) is 0 Å². The molecule has 0 amide bonds. The summed E-state index contributed by atoms with van der Waals surface area (Å²) in [7, 11) is -2.27. The summed E-state index contributed by atoms with van der Waals surface area (Å²) < 4.78 is 32.1. The Morgan fingerprint density at radius 3 is 2.95 bits per heavy atom. The minimum absolute atomic E-state index is 0.0559. The van der Waals surface area contributed by atoms with Crippen LogP contribution >= 0.6 is 0 Å². The minimum Gasteiger partial charge on any atom is -0.464 e. The van der Waals surface area contributed by atoms with E-state index in [1.165, 1.54) is 11.4 Å². The molecule has 0 unspecified atom stereocenters. The average Bonchev–Trinajstić information content (AvgIpc) is 2.81. The fourth-order valence-electron chi connectivity index (χ4n) is 2.59. The second-order valence-electron chi connectivity index (χ2n) is 4.80. The van der Waals surface area contributed by atoms with Crippen molar-refractivity contribution in [3.8, 4) is 6.07 Å². The van der Waals surface area contributed by atoms with E-state index >= 15 is 0 Å². The summed E-state index contributed by atoms with van der Waals surface area (Å²) in [5, 5.41) is 8.52. The summed E-state index contributed by atoms with van der Waals surface area (Å²) >= 11 is 0. The molecule has 0 bridgehead atoms. The highest BCUT2D eigenvalue weighted by Crippen LogP contribution is 2.33. The van der Waals surface area contributed by atoms with Crippen LogP contribution in [0.3, 0.4) is 0 Å². The van der Waals surface area contributed by atoms with Gasteiger partial charge in [-0.05, 0) is 18.8 Å². The summed E-state index contributed by atoms with van der Waals surface area (Å²) in [5.41, 5.74) is 0. The quantitative estimate of drug-likeness (QED) is 0.663. The van der Waals surface area contributed by atoms with Crippen LogP contribution in [0.1, 0.15) is 19.3 Å². The van der Waals surface area contributed by atoms with Gasteiger partial charge in [0.05, 0.1) is 12.7 Å². The van der Waals surface area contributed by atoms with E-state index < -0.39 is 22.2 Å². The number of esters is 1. The van der Waals surface area contributed by atoms with Crippen molar-refractivity contribution in [1.29, 1.82) is 5.26 Å². The van der Waals surface area contributed by atoms with Crippen LogP contribution in [-0.4, -0.2) is 55.8 Å². The molecule has 0 aromatic carbocycles. The predicted octanol–water partition coefficient (Wildman–Crippen LogP) is -0.286. The Balaban J connectivity index is 2.17. The molecule has 2 rings (SSSR count). The zero-order chi connectivity index (χ0) is 14.0. The van der Waals surface area contributed by atoms with Crippen LogP contribution in [-0.2, 0) is 19.7 Å². The summed E-state index contributed by atoms with van der Waals surface area (Å²) in [4.78, 5) is 11.8. The van der Waals surface area contributed by atoms with E-state index in [9.17, 15) is 13.2 Å². The number of hydrogen-bond donors (Lipinski definition) is 0. The molecule has 2 fully saturated rings. The molecule has 0 aromatic rings. The van der Waals surface area contributed by atoms with E-state index in [1.54, 1.807) is 0 Å². The van der Waals surface area contributed by atoms with Crippen molar-refractivity contribution >= 4 is 16.2 Å². The normalized spacial score (nSPS) is 27.9. The third-order valence-corrected chi connectivity index (χ3v) is 5.65. The van der Waals surface area contributed by atoms with Gasteiger partial charge in [0.1, 0.15) is 6.04 Å². The van der Waals surface area contributed by atoms with Gasteiger partial charge in [-0.25, -0.2) is 0 Å². The summed E-state index contributed by atoms with van der Waals surface area (Å²) in [6.07, 6.45) is 1.53. The Hall–Kier alpha value is -1.17. The SMILES string of the molecule is CN(CCC#N)S(=O)(=O)N1CC[C@@H]2CCOC(=O)[C@@H]21. The molecule has 8 heteroatoms. The first-order valence-electron chi connectivity index (χ1n) is 6.25. The van der Waals surface area contributed by atoms with E-state index in [2.05, 4.69) is 0 Å². The highest BCUT2D eigenvalue weighted by Gasteiger charge is 2.48. The van der Waals surface area contributed by atoms with Crippen molar-refractivity contribution in [2.45, 2.75) is 25.3 Å². The van der Waals surface area contributed by atoms with Crippen LogP contribution in [0, 0.1) is 17.2 Å². The minimum atomic E-state index is -3.70. The van der Waals surface area contributed by atoms with Gasteiger partial charge in [0.2, 0.25) is 0 Å². The van der Waals surface area contributed by atoms with Gasteiger partial charge in [-0.15, -0.1) is 0 Å². The maximum atomic E-state index is 12.4. The molecule has 7 nitrogen and oxygen atoms in total. The molecule has 0 radical (unpaired) electrons. The average molecular weight is 287 g/mol. The molecule has 0 aliphatic carbocycles. The smallest absolute Gasteiger partial charge is 0.324 e. The Labute approximate surface area is 112 Å². The Morgan fingerprint density at radius 2 is 2.26 bits per heavy atom. The molecular formula is C11H17N3O4S. The van der Waals surface area contributed by atoms with Crippen molar-refractivity contribution in [3.63, 3.8) is 0 Å². The van der Waals surface area contributed by atoms with Crippen LogP contribution in [0.15, 0.2) is 0 Å². The van der Waals surface area contributed by atoms with Gasteiger partial charge in [0.15, 0.2) is 0 Å². The van der Waals surface area contributed by atoms with Gasteiger partial charge in [0.25, 0.3) is 10.2 Å². The summed E-state index contributed by atoms with van der Waals surface area (Å²) in [6.45, 7) is 0.837. The fraction of sp³-hybridized carbons (Fsp3) is 0.818. The standard InChI is InChI=1S/C11H17N3O4S/c1-13(6-2-5-12)19(16,17)14-7-3-9-4-8-18-11(15)10(9)14/h9-10H,2-4,6-8H2,1H3/t9-,10-/m1/s1. The molecule has 2 aliphatic rings. The van der Waals surface area contributed by atoms with Crippen molar-refractivity contribution < 1.29 is 17.9 Å². The van der Waals surface area contributed by atoms with Gasteiger partial charge >= 0.3 is 5.97 Å². The molecule has 0 spiro atoms. The first-order chi connectivity index (χ1) is 8.98. The first kappa shape index (κ1) is 14.2. The lowest BCUT2D eigenvalue weighted by molar-refractivity contribution is -0.153. The van der Waals surface area contributed by atoms with Crippen LogP contribution in [0.25, 0.3) is 0 Å². The molecule has 106 valence electrons. The van der Waals surface area contributed by atoms with Crippen LogP contribution in [0.5, 0.6) is 0 Å². The Kier molecular flexibility index (Phi) is 4.08. The Morgan fingerprint density at radius 1 is 1.53 bits per heavy atom. The number of ether oxygens (including phenoxy) is 1. The van der Waals surface area contributed by atoms with E-state index in [0.717, 1.165) is 4.31 Å². The highest BCUT2D eigenvalue weighted by molar-refractivity contribution is 7.86. The predicted molar refractivity (Wildman–Crippen MR) is 66.0 cm³/mol. The third kappa shape index (κ3) is 2.59. The van der Waals surface area contributed by atoms with Crippen molar-refractivity contribution in [1.82, 2.24) is 8.61 Å². The van der Waals surface area contributed by atoms with Gasteiger partial charge in [-0.2, -0.15) is 22.3 Å². The number of hydrogen-bond acceptors (Lipinski definition) is 5. The fourth-order valence-corrected chi connectivity index (χ4v) is 4.16. The summed E-state index contributed by atoms with van der Waals surface area (Å²) in [6, 6.07) is 1.22.